The van der Waals surface area contributed by atoms with Crippen LogP contribution in [0.3, 0.4) is 0 Å². The van der Waals surface area contributed by atoms with Gasteiger partial charge in [0.05, 0.1) is 0 Å². The van der Waals surface area contributed by atoms with E-state index in [1.54, 1.807) is 23.3 Å². The highest BCUT2D eigenvalue weighted by molar-refractivity contribution is 5.35. The topological polar surface area (TPSA) is 97.8 Å². The summed E-state index contributed by atoms with van der Waals surface area (Å²) in [5, 5.41) is 3.28. The number of nitrogens with zero attached hydrogens (tertiary/aromatic N) is 6. The number of nitrogens with one attached hydrogen (secondary N) is 1. The molecule has 1 saturated heterocycles. The van der Waals surface area contributed by atoms with Crippen molar-refractivity contribution in [3.8, 4) is 5.95 Å². The molecule has 3 heterocycles. The van der Waals surface area contributed by atoms with Crippen molar-refractivity contribution in [2.45, 2.75) is 12.8 Å². The molecule has 2 aromatic rings. The Labute approximate surface area is 123 Å². The van der Waals surface area contributed by atoms with Crippen molar-refractivity contribution < 1.29 is 0 Å². The van der Waals surface area contributed by atoms with E-state index in [0.717, 1.165) is 19.6 Å². The minimum Gasteiger partial charge on any atom is -0.368 e. The maximum Gasteiger partial charge on any atom is 0.241 e. The van der Waals surface area contributed by atoms with Crippen LogP contribution < -0.4 is 11.1 Å². The van der Waals surface area contributed by atoms with Gasteiger partial charge in [-0.1, -0.05) is 0 Å². The molecule has 0 spiro atoms. The van der Waals surface area contributed by atoms with Gasteiger partial charge in [-0.15, -0.1) is 0 Å². The Morgan fingerprint density at radius 1 is 1.29 bits per heavy atom. The Kier molecular flexibility index (Phi) is 3.96. The third-order valence-corrected chi connectivity index (χ3v) is 3.76. The lowest BCUT2D eigenvalue weighted by atomic mass is 9.97. The summed E-state index contributed by atoms with van der Waals surface area (Å²) in [5.41, 5.74) is 5.75. The number of aromatic nitrogens is 5. The van der Waals surface area contributed by atoms with Crippen molar-refractivity contribution in [2.75, 3.05) is 37.7 Å². The van der Waals surface area contributed by atoms with Crippen molar-refractivity contribution in [1.82, 2.24) is 29.4 Å². The Morgan fingerprint density at radius 3 is 2.81 bits per heavy atom. The highest BCUT2D eigenvalue weighted by Gasteiger charge is 2.17. The van der Waals surface area contributed by atoms with Crippen molar-refractivity contribution in [1.29, 1.82) is 0 Å². The first-order valence-electron chi connectivity index (χ1n) is 7.13. The van der Waals surface area contributed by atoms with E-state index in [-0.39, 0.29) is 5.95 Å². The predicted octanol–water partition coefficient (Wildman–Crippen LogP) is 0.393. The maximum atomic E-state index is 5.75. The number of nitrogens with two attached hydrogens (primary N) is 1. The Bertz CT molecular complexity index is 574. The summed E-state index contributed by atoms with van der Waals surface area (Å²) in [6, 6.07) is 0. The molecule has 8 nitrogen and oxygen atoms in total. The molecule has 0 aliphatic carbocycles. The monoisotopic (exact) mass is 288 g/mol. The summed E-state index contributed by atoms with van der Waals surface area (Å²) in [7, 11) is 2.16. The molecule has 21 heavy (non-hydrogen) atoms. The van der Waals surface area contributed by atoms with E-state index in [0.29, 0.717) is 17.8 Å². The quantitative estimate of drug-likeness (QED) is 0.840. The maximum absolute atomic E-state index is 5.75. The summed E-state index contributed by atoms with van der Waals surface area (Å²) in [4.78, 5) is 19.0. The molecular formula is C13H20N8. The molecule has 0 atom stereocenters. The van der Waals surface area contributed by atoms with Crippen molar-refractivity contribution in [3.05, 3.63) is 18.7 Å². The Morgan fingerprint density at radius 2 is 2.10 bits per heavy atom. The van der Waals surface area contributed by atoms with Crippen molar-refractivity contribution in [2.24, 2.45) is 5.92 Å². The molecule has 112 valence electrons. The fourth-order valence-corrected chi connectivity index (χ4v) is 2.45. The minimum absolute atomic E-state index is 0.208. The van der Waals surface area contributed by atoms with E-state index < -0.39 is 0 Å². The second kappa shape index (κ2) is 6.04. The zero-order valence-electron chi connectivity index (χ0n) is 12.1. The standard InChI is InChI=1S/C13H20N8/c1-20-5-2-10(3-6-20)8-16-12-17-11(14)18-13(19-12)21-7-4-15-9-21/h4,7,9-10H,2-3,5-6,8H2,1H3,(H3,14,16,17,18,19). The second-order valence-electron chi connectivity index (χ2n) is 5.41. The van der Waals surface area contributed by atoms with E-state index in [1.807, 2.05) is 0 Å². The highest BCUT2D eigenvalue weighted by atomic mass is 15.3. The molecule has 0 bridgehead atoms. The Balaban J connectivity index is 1.65. The van der Waals surface area contributed by atoms with Crippen molar-refractivity contribution in [3.63, 3.8) is 0 Å². The predicted molar refractivity (Wildman–Crippen MR) is 80.1 cm³/mol. The third kappa shape index (κ3) is 3.46. The van der Waals surface area contributed by atoms with Gasteiger partial charge in [0.25, 0.3) is 0 Å². The lowest BCUT2D eigenvalue weighted by Gasteiger charge is -2.28. The van der Waals surface area contributed by atoms with E-state index >= 15 is 0 Å². The van der Waals surface area contributed by atoms with Gasteiger partial charge in [0, 0.05) is 18.9 Å². The third-order valence-electron chi connectivity index (χ3n) is 3.76. The number of nitrogen functional groups attached to an aromatic ring is 1. The lowest BCUT2D eigenvalue weighted by Crippen LogP contribution is -2.33. The fraction of sp³-hybridized carbons (Fsp3) is 0.538. The van der Waals surface area contributed by atoms with Gasteiger partial charge < -0.3 is 16.0 Å². The Hall–Kier alpha value is -2.22. The van der Waals surface area contributed by atoms with Gasteiger partial charge in [-0.25, -0.2) is 4.98 Å². The summed E-state index contributed by atoms with van der Waals surface area (Å²) >= 11 is 0. The zero-order chi connectivity index (χ0) is 14.7. The van der Waals surface area contributed by atoms with E-state index in [2.05, 4.69) is 37.2 Å². The van der Waals surface area contributed by atoms with Crippen LogP contribution in [0.2, 0.25) is 0 Å². The number of anilines is 2. The summed E-state index contributed by atoms with van der Waals surface area (Å²) < 4.78 is 1.71. The molecule has 3 rings (SSSR count). The SMILES string of the molecule is CN1CCC(CNc2nc(N)nc(-n3ccnc3)n2)CC1. The highest BCUT2D eigenvalue weighted by Crippen LogP contribution is 2.16. The fourth-order valence-electron chi connectivity index (χ4n) is 2.45. The van der Waals surface area contributed by atoms with Crippen LogP contribution in [0.25, 0.3) is 5.95 Å². The smallest absolute Gasteiger partial charge is 0.241 e. The number of rotatable bonds is 4. The van der Waals surface area contributed by atoms with Crippen LogP contribution in [-0.2, 0) is 0 Å². The first-order valence-corrected chi connectivity index (χ1v) is 7.13. The first-order chi connectivity index (χ1) is 10.2. The molecule has 0 amide bonds. The van der Waals surface area contributed by atoms with Gasteiger partial charge in [-0.3, -0.25) is 4.57 Å². The summed E-state index contributed by atoms with van der Waals surface area (Å²) in [5.74, 6) is 1.85. The van der Waals surface area contributed by atoms with Gasteiger partial charge in [-0.2, -0.15) is 15.0 Å². The normalized spacial score (nSPS) is 17.0. The number of hydrogen-bond donors (Lipinski definition) is 2. The number of hydrogen-bond acceptors (Lipinski definition) is 7. The molecule has 2 aromatic heterocycles. The van der Waals surface area contributed by atoms with Crippen LogP contribution in [-0.4, -0.2) is 56.1 Å². The van der Waals surface area contributed by atoms with E-state index in [9.17, 15) is 0 Å². The van der Waals surface area contributed by atoms with Gasteiger partial charge in [0.2, 0.25) is 17.8 Å². The zero-order valence-corrected chi connectivity index (χ0v) is 12.1. The molecule has 0 aromatic carbocycles. The molecule has 1 aliphatic rings. The van der Waals surface area contributed by atoms with Gasteiger partial charge in [0.15, 0.2) is 0 Å². The van der Waals surface area contributed by atoms with Gasteiger partial charge in [0.1, 0.15) is 6.33 Å². The van der Waals surface area contributed by atoms with Crippen LogP contribution >= 0.6 is 0 Å². The average Bonchev–Trinajstić information content (AvgIpc) is 3.00. The van der Waals surface area contributed by atoms with Crippen molar-refractivity contribution >= 4 is 11.9 Å². The van der Waals surface area contributed by atoms with E-state index in [4.69, 9.17) is 5.73 Å². The molecule has 0 saturated carbocycles. The lowest BCUT2D eigenvalue weighted by molar-refractivity contribution is 0.226. The molecule has 0 unspecified atom stereocenters. The largest absolute Gasteiger partial charge is 0.368 e. The number of likely N-dealkylation sites (tertiary alicyclic amines) is 1. The number of imidazole rings is 1. The molecule has 8 heteroatoms. The molecule has 1 fully saturated rings. The molecule has 1 aliphatic heterocycles. The van der Waals surface area contributed by atoms with Gasteiger partial charge >= 0.3 is 0 Å². The summed E-state index contributed by atoms with van der Waals surface area (Å²) in [6.45, 7) is 3.15. The van der Waals surface area contributed by atoms with Crippen LogP contribution in [0, 0.1) is 5.92 Å². The molecule has 3 N–H and O–H groups in total. The first kappa shape index (κ1) is 13.7. The second-order valence-corrected chi connectivity index (χ2v) is 5.41. The van der Waals surface area contributed by atoms with Crippen LogP contribution in [0.4, 0.5) is 11.9 Å². The van der Waals surface area contributed by atoms with Crippen LogP contribution in [0.5, 0.6) is 0 Å². The number of piperidine rings is 1. The molecule has 0 radical (unpaired) electrons. The average molecular weight is 288 g/mol. The van der Waals surface area contributed by atoms with Gasteiger partial charge in [-0.05, 0) is 38.9 Å². The van der Waals surface area contributed by atoms with Crippen LogP contribution in [0.1, 0.15) is 12.8 Å². The summed E-state index contributed by atoms with van der Waals surface area (Å²) in [6.07, 6.45) is 7.47. The minimum atomic E-state index is 0.208. The van der Waals surface area contributed by atoms with E-state index in [1.165, 1.54) is 12.8 Å². The molecular weight excluding hydrogens is 268 g/mol. The van der Waals surface area contributed by atoms with Crippen LogP contribution in [0.15, 0.2) is 18.7 Å².